The molecule has 1 aromatic heterocycles. The number of aryl methyl sites for hydroxylation is 1. The summed E-state index contributed by atoms with van der Waals surface area (Å²) in [6.45, 7) is 2.77. The predicted octanol–water partition coefficient (Wildman–Crippen LogP) is 11.2. The van der Waals surface area contributed by atoms with Crippen LogP contribution >= 0.6 is 0 Å². The summed E-state index contributed by atoms with van der Waals surface area (Å²) in [5, 5.41) is 2.43. The second-order valence-corrected chi connectivity index (χ2v) is 12.9. The van der Waals surface area contributed by atoms with Crippen LogP contribution in [0.25, 0.3) is 38.9 Å². The van der Waals surface area contributed by atoms with E-state index >= 15 is 0 Å². The molecule has 1 aliphatic rings. The highest BCUT2D eigenvalue weighted by molar-refractivity contribution is 6.38. The van der Waals surface area contributed by atoms with Gasteiger partial charge >= 0.3 is 0 Å². The first-order valence-electron chi connectivity index (χ1n) is 17.4. The predicted molar refractivity (Wildman–Crippen MR) is 213 cm³/mol. The van der Waals surface area contributed by atoms with Gasteiger partial charge in [-0.15, -0.1) is 0 Å². The third-order valence-corrected chi connectivity index (χ3v) is 9.73. The molecular formula is C46H35N5. The van der Waals surface area contributed by atoms with Gasteiger partial charge in [0.1, 0.15) is 5.82 Å². The lowest BCUT2D eigenvalue weighted by atomic mass is 10.0. The molecule has 0 radical (unpaired) electrons. The quantitative estimate of drug-likeness (QED) is 0.171. The Morgan fingerprint density at radius 1 is 0.608 bits per heavy atom. The van der Waals surface area contributed by atoms with E-state index < -0.39 is 0 Å². The lowest BCUT2D eigenvalue weighted by molar-refractivity contribution is 0.738. The molecule has 1 unspecified atom stereocenters. The monoisotopic (exact) mass is 657 g/mol. The second-order valence-electron chi connectivity index (χ2n) is 12.9. The third kappa shape index (κ3) is 5.69. The van der Waals surface area contributed by atoms with E-state index in [1.807, 2.05) is 18.3 Å². The number of imidazole rings is 1. The minimum absolute atomic E-state index is 0.0297. The van der Waals surface area contributed by atoms with Crippen molar-refractivity contribution in [1.29, 1.82) is 0 Å². The summed E-state index contributed by atoms with van der Waals surface area (Å²) in [7, 11) is 0. The molecule has 244 valence electrons. The maximum absolute atomic E-state index is 5.02. The summed E-state index contributed by atoms with van der Waals surface area (Å²) in [5.41, 5.74) is 11.9. The van der Waals surface area contributed by atoms with Crippen molar-refractivity contribution >= 4 is 50.8 Å². The van der Waals surface area contributed by atoms with Gasteiger partial charge < -0.3 is 4.90 Å². The molecule has 7 aromatic carbocycles. The Labute approximate surface area is 297 Å². The first-order chi connectivity index (χ1) is 25.2. The molecule has 5 heteroatoms. The van der Waals surface area contributed by atoms with Crippen molar-refractivity contribution < 1.29 is 0 Å². The fourth-order valence-electron chi connectivity index (χ4n) is 7.11. The number of nitrogens with zero attached hydrogens (tertiary/aromatic N) is 5. The van der Waals surface area contributed by atoms with Crippen LogP contribution in [-0.4, -0.2) is 28.0 Å². The number of benzene rings is 7. The average Bonchev–Trinajstić information content (AvgIpc) is 3.59. The second kappa shape index (κ2) is 13.0. The van der Waals surface area contributed by atoms with Crippen molar-refractivity contribution in [3.8, 4) is 17.1 Å². The lowest BCUT2D eigenvalue weighted by Gasteiger charge is -2.28. The summed E-state index contributed by atoms with van der Waals surface area (Å²) in [4.78, 5) is 17.4. The molecule has 5 nitrogen and oxygen atoms in total. The highest BCUT2D eigenvalue weighted by atomic mass is 15.1. The Balaban J connectivity index is 0.970. The summed E-state index contributed by atoms with van der Waals surface area (Å²) >= 11 is 0. The van der Waals surface area contributed by atoms with Crippen LogP contribution in [-0.2, 0) is 0 Å². The van der Waals surface area contributed by atoms with Gasteiger partial charge in [-0.3, -0.25) is 14.6 Å². The van der Waals surface area contributed by atoms with Gasteiger partial charge in [0.05, 0.1) is 35.0 Å². The number of hydrogen-bond acceptors (Lipinski definition) is 4. The molecular weight excluding hydrogens is 623 g/mol. The molecule has 9 rings (SSSR count). The van der Waals surface area contributed by atoms with E-state index in [0.717, 1.165) is 62.0 Å². The molecule has 0 saturated heterocycles. The number of aliphatic imine (C=N–C) groups is 2. The van der Waals surface area contributed by atoms with E-state index in [2.05, 4.69) is 174 Å². The summed E-state index contributed by atoms with van der Waals surface area (Å²) in [6.07, 6.45) is 1.93. The smallest absolute Gasteiger partial charge is 0.145 e. The molecule has 8 aromatic rings. The van der Waals surface area contributed by atoms with E-state index in [1.165, 1.54) is 16.3 Å². The molecule has 1 aliphatic heterocycles. The number of fused-ring (bicyclic) bond motifs is 2. The van der Waals surface area contributed by atoms with Crippen LogP contribution in [0.1, 0.15) is 22.7 Å². The molecule has 0 bridgehead atoms. The van der Waals surface area contributed by atoms with E-state index in [4.69, 9.17) is 15.0 Å². The Kier molecular flexibility index (Phi) is 7.78. The largest absolute Gasteiger partial charge is 0.310 e. The zero-order chi connectivity index (χ0) is 34.1. The summed E-state index contributed by atoms with van der Waals surface area (Å²) in [5.74, 6) is 0.922. The first-order valence-corrected chi connectivity index (χ1v) is 17.4. The van der Waals surface area contributed by atoms with E-state index in [-0.39, 0.29) is 6.04 Å². The molecule has 0 amide bonds. The van der Waals surface area contributed by atoms with Crippen molar-refractivity contribution in [2.75, 3.05) is 11.4 Å². The number of aromatic nitrogens is 2. The third-order valence-electron chi connectivity index (χ3n) is 9.73. The van der Waals surface area contributed by atoms with Crippen molar-refractivity contribution in [3.05, 3.63) is 187 Å². The van der Waals surface area contributed by atoms with Crippen LogP contribution in [0.15, 0.2) is 180 Å². The zero-order valence-electron chi connectivity index (χ0n) is 28.3. The fraction of sp³-hybridized carbons (Fsp3) is 0.0652. The van der Waals surface area contributed by atoms with Crippen molar-refractivity contribution in [1.82, 2.24) is 9.55 Å². The topological polar surface area (TPSA) is 45.8 Å². The number of para-hydroxylation sites is 4. The van der Waals surface area contributed by atoms with Crippen LogP contribution in [0.3, 0.4) is 0 Å². The Bertz CT molecular complexity index is 2560. The van der Waals surface area contributed by atoms with Crippen LogP contribution in [0.5, 0.6) is 0 Å². The highest BCUT2D eigenvalue weighted by Crippen LogP contribution is 2.40. The van der Waals surface area contributed by atoms with Crippen LogP contribution in [0.2, 0.25) is 0 Å². The van der Waals surface area contributed by atoms with Gasteiger partial charge in [-0.05, 0) is 72.0 Å². The van der Waals surface area contributed by atoms with Gasteiger partial charge in [-0.2, -0.15) is 0 Å². The summed E-state index contributed by atoms with van der Waals surface area (Å²) < 4.78 is 2.23. The van der Waals surface area contributed by atoms with Gasteiger partial charge in [-0.1, -0.05) is 121 Å². The normalized spacial score (nSPS) is 14.1. The maximum atomic E-state index is 5.02. The molecule has 1 atom stereocenters. The van der Waals surface area contributed by atoms with Gasteiger partial charge in [0.15, 0.2) is 0 Å². The van der Waals surface area contributed by atoms with Crippen molar-refractivity contribution in [2.45, 2.75) is 13.0 Å². The van der Waals surface area contributed by atoms with Crippen molar-refractivity contribution in [2.24, 2.45) is 9.98 Å². The maximum Gasteiger partial charge on any atom is 0.145 e. The minimum Gasteiger partial charge on any atom is -0.310 e. The number of anilines is 3. The number of rotatable bonds is 7. The average molecular weight is 658 g/mol. The lowest BCUT2D eigenvalue weighted by Crippen LogP contribution is -2.15. The van der Waals surface area contributed by atoms with Gasteiger partial charge in [0.25, 0.3) is 0 Å². The Morgan fingerprint density at radius 2 is 1.29 bits per heavy atom. The van der Waals surface area contributed by atoms with E-state index in [0.29, 0.717) is 6.54 Å². The molecule has 0 spiro atoms. The molecule has 0 saturated carbocycles. The van der Waals surface area contributed by atoms with Crippen LogP contribution < -0.4 is 4.90 Å². The van der Waals surface area contributed by atoms with E-state index in [1.54, 1.807) is 0 Å². The molecule has 0 aliphatic carbocycles. The standard InChI is InChI=1S/C46H35N5/c1-32-12-5-9-19-43(32)50(44-21-11-14-33-13-6-7-17-39(33)44)38-28-26-35(27-29-38)42-31-47-41(30-48-42)34-22-24-36(25-23-34)46-49-40-18-8-10-20-45(40)51(46)37-15-3-2-4-16-37/h2-29,31,41H,30H2,1H3. The summed E-state index contributed by atoms with van der Waals surface area (Å²) in [6, 6.07) is 59.6. The molecule has 2 heterocycles. The van der Waals surface area contributed by atoms with Crippen molar-refractivity contribution in [3.63, 3.8) is 0 Å². The molecule has 51 heavy (non-hydrogen) atoms. The minimum atomic E-state index is -0.0297. The van der Waals surface area contributed by atoms with Gasteiger partial charge in [-0.25, -0.2) is 4.98 Å². The fourth-order valence-corrected chi connectivity index (χ4v) is 7.11. The highest BCUT2D eigenvalue weighted by Gasteiger charge is 2.20. The number of hydrogen-bond donors (Lipinski definition) is 0. The first kappa shape index (κ1) is 30.5. The van der Waals surface area contributed by atoms with Gasteiger partial charge in [0.2, 0.25) is 0 Å². The Morgan fingerprint density at radius 3 is 2.10 bits per heavy atom. The zero-order valence-corrected chi connectivity index (χ0v) is 28.3. The van der Waals surface area contributed by atoms with Crippen LogP contribution in [0.4, 0.5) is 17.1 Å². The SMILES string of the molecule is Cc1ccccc1N(c1ccc(C2=NCC(c3ccc(-c4nc5ccccc5n4-c4ccccc4)cc3)N=C2)cc1)c1cccc2ccccc12. The molecule has 0 N–H and O–H groups in total. The Hall–Kier alpha value is -6.59. The van der Waals surface area contributed by atoms with Crippen LogP contribution in [0, 0.1) is 6.92 Å². The van der Waals surface area contributed by atoms with E-state index in [9.17, 15) is 0 Å². The van der Waals surface area contributed by atoms with Gasteiger partial charge in [0, 0.05) is 39.8 Å². The molecule has 0 fully saturated rings.